The summed E-state index contributed by atoms with van der Waals surface area (Å²) >= 11 is 1.20. The number of amides is 1. The summed E-state index contributed by atoms with van der Waals surface area (Å²) in [5.74, 6) is -0.779. The van der Waals surface area contributed by atoms with Crippen molar-refractivity contribution in [1.29, 1.82) is 0 Å². The number of hydrogen-bond acceptors (Lipinski definition) is 6. The second kappa shape index (κ2) is 10.7. The highest BCUT2D eigenvalue weighted by molar-refractivity contribution is 8.00. The zero-order valence-electron chi connectivity index (χ0n) is 15.3. The van der Waals surface area contributed by atoms with Gasteiger partial charge in [0.25, 0.3) is 11.6 Å². The Bertz CT molecular complexity index is 703. The lowest BCUT2D eigenvalue weighted by Gasteiger charge is -2.15. The van der Waals surface area contributed by atoms with Crippen LogP contribution in [0, 0.1) is 10.1 Å². The summed E-state index contributed by atoms with van der Waals surface area (Å²) in [4.78, 5) is 34.8. The Hall–Kier alpha value is -2.35. The highest BCUT2D eigenvalue weighted by Crippen LogP contribution is 2.22. The second-order valence-electron chi connectivity index (χ2n) is 6.32. The zero-order valence-corrected chi connectivity index (χ0v) is 16.1. The number of rotatable bonds is 9. The van der Waals surface area contributed by atoms with Gasteiger partial charge in [0.15, 0.2) is 6.10 Å². The molecule has 0 aromatic heterocycles. The van der Waals surface area contributed by atoms with Gasteiger partial charge >= 0.3 is 5.97 Å². The summed E-state index contributed by atoms with van der Waals surface area (Å²) in [6.07, 6.45) is 6.89. The third kappa shape index (κ3) is 7.42. The van der Waals surface area contributed by atoms with Crippen molar-refractivity contribution in [3.8, 4) is 0 Å². The standard InChI is InChI=1S/C19H24N2O5S/c1-14(19(23)20-12-11-15-5-3-2-4-6-15)26-18(22)13-27-17-9-7-16(8-10-17)21(24)25/h5,7-10,14H,2-4,6,11-13H2,1H3,(H,20,23)/t14-/m0/s1. The minimum absolute atomic E-state index is 0.00351. The van der Waals surface area contributed by atoms with Gasteiger partial charge in [-0.1, -0.05) is 11.6 Å². The molecule has 0 saturated heterocycles. The maximum absolute atomic E-state index is 12.0. The van der Waals surface area contributed by atoms with Crippen LogP contribution < -0.4 is 5.32 Å². The van der Waals surface area contributed by atoms with Gasteiger partial charge in [-0.15, -0.1) is 11.8 Å². The first-order chi connectivity index (χ1) is 13.0. The number of allylic oxidation sites excluding steroid dienone is 1. The summed E-state index contributed by atoms with van der Waals surface area (Å²) in [6, 6.07) is 5.91. The molecule has 0 unspecified atom stereocenters. The topological polar surface area (TPSA) is 98.5 Å². The van der Waals surface area contributed by atoms with Gasteiger partial charge in [0, 0.05) is 23.6 Å². The Balaban J connectivity index is 1.66. The van der Waals surface area contributed by atoms with Gasteiger partial charge in [-0.05, 0) is 51.2 Å². The van der Waals surface area contributed by atoms with Crippen molar-refractivity contribution in [2.24, 2.45) is 0 Å². The molecule has 1 amide bonds. The number of nitrogens with zero attached hydrogens (tertiary/aromatic N) is 1. The molecule has 0 saturated carbocycles. The first-order valence-electron chi connectivity index (χ1n) is 8.98. The van der Waals surface area contributed by atoms with E-state index in [0.717, 1.165) is 24.2 Å². The lowest BCUT2D eigenvalue weighted by molar-refractivity contribution is -0.384. The molecular formula is C19H24N2O5S. The fraction of sp³-hybridized carbons (Fsp3) is 0.474. The number of nitrogens with one attached hydrogen (secondary N) is 1. The molecule has 1 atom stereocenters. The Kier molecular flexibility index (Phi) is 8.32. The Morgan fingerprint density at radius 3 is 2.67 bits per heavy atom. The van der Waals surface area contributed by atoms with E-state index in [4.69, 9.17) is 4.74 Å². The molecular weight excluding hydrogens is 368 g/mol. The van der Waals surface area contributed by atoms with Crippen LogP contribution >= 0.6 is 11.8 Å². The van der Waals surface area contributed by atoms with E-state index in [9.17, 15) is 19.7 Å². The van der Waals surface area contributed by atoms with Gasteiger partial charge in [0.1, 0.15) is 0 Å². The van der Waals surface area contributed by atoms with Crippen LogP contribution in [0.4, 0.5) is 5.69 Å². The number of carbonyl (C=O) groups is 2. The summed E-state index contributed by atoms with van der Waals surface area (Å²) in [6.45, 7) is 2.09. The van der Waals surface area contributed by atoms with E-state index in [1.165, 1.54) is 42.3 Å². The van der Waals surface area contributed by atoms with Crippen molar-refractivity contribution in [3.05, 3.63) is 46.0 Å². The third-order valence-electron chi connectivity index (χ3n) is 4.21. The number of hydrogen-bond donors (Lipinski definition) is 1. The van der Waals surface area contributed by atoms with Crippen LogP contribution in [0.5, 0.6) is 0 Å². The number of ether oxygens (including phenoxy) is 1. The van der Waals surface area contributed by atoms with E-state index in [0.29, 0.717) is 6.54 Å². The highest BCUT2D eigenvalue weighted by Gasteiger charge is 2.18. The molecule has 1 aromatic carbocycles. The fourth-order valence-electron chi connectivity index (χ4n) is 2.71. The number of esters is 1. The number of nitro benzene ring substituents is 1. The third-order valence-corrected chi connectivity index (χ3v) is 5.20. The number of nitro groups is 1. The summed E-state index contributed by atoms with van der Waals surface area (Å²) in [5.41, 5.74) is 1.38. The minimum atomic E-state index is -0.852. The predicted octanol–water partition coefficient (Wildman–Crippen LogP) is 3.63. The van der Waals surface area contributed by atoms with Crippen LogP contribution in [0.2, 0.25) is 0 Å². The fourth-order valence-corrected chi connectivity index (χ4v) is 3.39. The van der Waals surface area contributed by atoms with Gasteiger partial charge < -0.3 is 10.1 Å². The quantitative estimate of drug-likeness (QED) is 0.227. The van der Waals surface area contributed by atoms with E-state index in [1.54, 1.807) is 19.1 Å². The molecule has 1 aliphatic carbocycles. The van der Waals surface area contributed by atoms with Crippen molar-refractivity contribution in [1.82, 2.24) is 5.32 Å². The molecule has 1 N–H and O–H groups in total. The number of thioether (sulfide) groups is 1. The molecule has 0 heterocycles. The van der Waals surface area contributed by atoms with E-state index in [1.807, 2.05) is 0 Å². The van der Waals surface area contributed by atoms with E-state index >= 15 is 0 Å². The van der Waals surface area contributed by atoms with Crippen molar-refractivity contribution < 1.29 is 19.2 Å². The maximum Gasteiger partial charge on any atom is 0.317 e. The molecule has 8 heteroatoms. The number of non-ortho nitro benzene ring substituents is 1. The van der Waals surface area contributed by atoms with Crippen molar-refractivity contribution in [2.75, 3.05) is 12.3 Å². The second-order valence-corrected chi connectivity index (χ2v) is 7.37. The van der Waals surface area contributed by atoms with Gasteiger partial charge in [0.05, 0.1) is 10.7 Å². The van der Waals surface area contributed by atoms with E-state index < -0.39 is 17.0 Å². The maximum atomic E-state index is 12.0. The van der Waals surface area contributed by atoms with Gasteiger partial charge in [0.2, 0.25) is 0 Å². The molecule has 0 radical (unpaired) electrons. The van der Waals surface area contributed by atoms with Crippen molar-refractivity contribution in [2.45, 2.75) is 50.0 Å². The minimum Gasteiger partial charge on any atom is -0.452 e. The Labute approximate surface area is 162 Å². The Morgan fingerprint density at radius 2 is 2.04 bits per heavy atom. The van der Waals surface area contributed by atoms with Gasteiger partial charge in [-0.25, -0.2) is 0 Å². The van der Waals surface area contributed by atoms with Crippen LogP contribution in [0.1, 0.15) is 39.0 Å². The monoisotopic (exact) mass is 392 g/mol. The molecule has 0 spiro atoms. The smallest absolute Gasteiger partial charge is 0.317 e. The highest BCUT2D eigenvalue weighted by atomic mass is 32.2. The molecule has 1 aliphatic rings. The van der Waals surface area contributed by atoms with Crippen LogP contribution in [0.15, 0.2) is 40.8 Å². The molecule has 0 fully saturated rings. The summed E-state index contributed by atoms with van der Waals surface area (Å²) < 4.78 is 5.14. The summed E-state index contributed by atoms with van der Waals surface area (Å²) in [5, 5.41) is 13.4. The lowest BCUT2D eigenvalue weighted by Crippen LogP contribution is -2.36. The molecule has 0 bridgehead atoms. The van der Waals surface area contributed by atoms with E-state index in [2.05, 4.69) is 11.4 Å². The zero-order chi connectivity index (χ0) is 19.6. The molecule has 27 heavy (non-hydrogen) atoms. The van der Waals surface area contributed by atoms with Crippen LogP contribution in [-0.2, 0) is 14.3 Å². The van der Waals surface area contributed by atoms with Crippen molar-refractivity contribution >= 4 is 29.3 Å². The van der Waals surface area contributed by atoms with Crippen LogP contribution in [0.25, 0.3) is 0 Å². The van der Waals surface area contributed by atoms with Gasteiger partial charge in [-0.3, -0.25) is 19.7 Å². The largest absolute Gasteiger partial charge is 0.452 e. The predicted molar refractivity (Wildman–Crippen MR) is 104 cm³/mol. The molecule has 0 aliphatic heterocycles. The average Bonchev–Trinajstić information content (AvgIpc) is 2.67. The lowest BCUT2D eigenvalue weighted by atomic mass is 9.97. The van der Waals surface area contributed by atoms with Gasteiger partial charge in [-0.2, -0.15) is 0 Å². The first kappa shape index (κ1) is 21.0. The normalized spacial score (nSPS) is 14.8. The SMILES string of the molecule is C[C@H](OC(=O)CSc1ccc([N+](=O)[O-])cc1)C(=O)NCCC1=CCCCC1. The number of benzene rings is 1. The summed E-state index contributed by atoms with van der Waals surface area (Å²) in [7, 11) is 0. The average molecular weight is 392 g/mol. The van der Waals surface area contributed by atoms with E-state index in [-0.39, 0.29) is 17.3 Å². The van der Waals surface area contributed by atoms with Crippen LogP contribution in [-0.4, -0.2) is 35.2 Å². The Morgan fingerprint density at radius 1 is 1.30 bits per heavy atom. The molecule has 146 valence electrons. The molecule has 2 rings (SSSR count). The first-order valence-corrected chi connectivity index (χ1v) is 9.96. The number of carbonyl (C=O) groups excluding carboxylic acids is 2. The van der Waals surface area contributed by atoms with Crippen molar-refractivity contribution in [3.63, 3.8) is 0 Å². The molecule has 1 aromatic rings. The van der Waals surface area contributed by atoms with Crippen LogP contribution in [0.3, 0.4) is 0 Å². The molecule has 7 nitrogen and oxygen atoms in total.